The summed E-state index contributed by atoms with van der Waals surface area (Å²) in [6.45, 7) is 6.05. The van der Waals surface area contributed by atoms with Crippen LogP contribution in [0, 0.1) is 19.7 Å². The first-order chi connectivity index (χ1) is 8.99. The van der Waals surface area contributed by atoms with Gasteiger partial charge in [0.05, 0.1) is 6.04 Å². The van der Waals surface area contributed by atoms with E-state index < -0.39 is 5.82 Å². The second kappa shape index (κ2) is 5.31. The highest BCUT2D eigenvalue weighted by atomic mass is 19.1. The van der Waals surface area contributed by atoms with Gasteiger partial charge >= 0.3 is 0 Å². The fourth-order valence-corrected chi connectivity index (χ4v) is 2.10. The Labute approximate surface area is 112 Å². The van der Waals surface area contributed by atoms with Crippen molar-refractivity contribution in [2.24, 2.45) is 0 Å². The first kappa shape index (κ1) is 13.4. The molecule has 100 valence electrons. The molecule has 0 saturated carbocycles. The van der Waals surface area contributed by atoms with Crippen molar-refractivity contribution in [1.29, 1.82) is 0 Å². The summed E-state index contributed by atoms with van der Waals surface area (Å²) in [7, 11) is 0. The van der Waals surface area contributed by atoms with Gasteiger partial charge in [-0.3, -0.25) is 0 Å². The zero-order valence-electron chi connectivity index (χ0n) is 11.4. The molecule has 2 aromatic carbocycles. The van der Waals surface area contributed by atoms with E-state index in [0.717, 1.165) is 11.8 Å². The van der Waals surface area contributed by atoms with Crippen molar-refractivity contribution in [1.82, 2.24) is 0 Å². The molecule has 0 amide bonds. The third kappa shape index (κ3) is 2.87. The van der Waals surface area contributed by atoms with Crippen LogP contribution in [0.15, 0.2) is 36.4 Å². The van der Waals surface area contributed by atoms with E-state index in [2.05, 4.69) is 25.2 Å². The first-order valence-corrected chi connectivity index (χ1v) is 6.30. The van der Waals surface area contributed by atoms with Crippen LogP contribution in [0.3, 0.4) is 0 Å². The van der Waals surface area contributed by atoms with Crippen molar-refractivity contribution in [3.05, 3.63) is 58.9 Å². The van der Waals surface area contributed by atoms with Gasteiger partial charge in [-0.1, -0.05) is 18.2 Å². The fourth-order valence-electron chi connectivity index (χ4n) is 2.10. The van der Waals surface area contributed by atoms with Crippen LogP contribution >= 0.6 is 0 Å². The topological polar surface area (TPSA) is 32.3 Å². The maximum atomic E-state index is 13.0. The zero-order chi connectivity index (χ0) is 14.0. The Morgan fingerprint density at radius 1 is 1.16 bits per heavy atom. The lowest BCUT2D eigenvalue weighted by Crippen LogP contribution is -2.08. The van der Waals surface area contributed by atoms with Crippen molar-refractivity contribution in [2.75, 3.05) is 5.32 Å². The largest absolute Gasteiger partial charge is 0.507 e. The van der Waals surface area contributed by atoms with Gasteiger partial charge in [-0.2, -0.15) is 0 Å². The van der Waals surface area contributed by atoms with Crippen molar-refractivity contribution in [3.63, 3.8) is 0 Å². The van der Waals surface area contributed by atoms with Crippen molar-refractivity contribution in [2.45, 2.75) is 26.8 Å². The molecule has 0 aliphatic heterocycles. The summed E-state index contributed by atoms with van der Waals surface area (Å²) in [6.07, 6.45) is 0. The van der Waals surface area contributed by atoms with Gasteiger partial charge in [0.1, 0.15) is 11.6 Å². The lowest BCUT2D eigenvalue weighted by molar-refractivity contribution is 0.459. The van der Waals surface area contributed by atoms with E-state index in [1.54, 1.807) is 6.07 Å². The van der Waals surface area contributed by atoms with E-state index in [1.165, 1.54) is 17.2 Å². The van der Waals surface area contributed by atoms with Crippen molar-refractivity contribution in [3.8, 4) is 5.75 Å². The third-order valence-corrected chi connectivity index (χ3v) is 3.44. The van der Waals surface area contributed by atoms with E-state index in [-0.39, 0.29) is 11.8 Å². The van der Waals surface area contributed by atoms with Crippen LogP contribution in [0.1, 0.15) is 29.7 Å². The quantitative estimate of drug-likeness (QED) is 0.860. The predicted octanol–water partition coefficient (Wildman–Crippen LogP) is 4.32. The van der Waals surface area contributed by atoms with Gasteiger partial charge in [0, 0.05) is 17.3 Å². The molecular weight excluding hydrogens is 241 g/mol. The average molecular weight is 259 g/mol. The molecule has 2 rings (SSSR count). The second-order valence-corrected chi connectivity index (χ2v) is 4.82. The summed E-state index contributed by atoms with van der Waals surface area (Å²) in [5, 5.41) is 13.1. The molecule has 1 atom stereocenters. The summed E-state index contributed by atoms with van der Waals surface area (Å²) in [6, 6.07) is 10.0. The van der Waals surface area contributed by atoms with Crippen LogP contribution in [0.25, 0.3) is 0 Å². The molecule has 0 radical (unpaired) electrons. The van der Waals surface area contributed by atoms with Crippen molar-refractivity contribution >= 4 is 5.69 Å². The lowest BCUT2D eigenvalue weighted by atomic mass is 10.0. The summed E-state index contributed by atoms with van der Waals surface area (Å²) in [4.78, 5) is 0. The number of hydrogen-bond acceptors (Lipinski definition) is 2. The minimum absolute atomic E-state index is 0.0229. The molecule has 0 bridgehead atoms. The normalized spacial score (nSPS) is 12.2. The second-order valence-electron chi connectivity index (χ2n) is 4.82. The first-order valence-electron chi connectivity index (χ1n) is 6.30. The zero-order valence-corrected chi connectivity index (χ0v) is 11.4. The van der Waals surface area contributed by atoms with Gasteiger partial charge in [-0.25, -0.2) is 4.39 Å². The van der Waals surface area contributed by atoms with Gasteiger partial charge in [-0.15, -0.1) is 0 Å². The summed E-state index contributed by atoms with van der Waals surface area (Å²) >= 11 is 0. The molecule has 3 heteroatoms. The number of nitrogens with one attached hydrogen (secondary N) is 1. The molecule has 19 heavy (non-hydrogen) atoms. The highest BCUT2D eigenvalue weighted by Gasteiger charge is 2.12. The average Bonchev–Trinajstić information content (AvgIpc) is 2.34. The molecule has 2 aromatic rings. The van der Waals surface area contributed by atoms with E-state index in [0.29, 0.717) is 5.56 Å². The number of aryl methyl sites for hydroxylation is 1. The molecule has 1 unspecified atom stereocenters. The number of benzene rings is 2. The predicted molar refractivity (Wildman–Crippen MR) is 76.0 cm³/mol. The maximum absolute atomic E-state index is 13.0. The Bertz CT molecular complexity index is 595. The van der Waals surface area contributed by atoms with Gasteiger partial charge in [0.25, 0.3) is 0 Å². The number of hydrogen-bond donors (Lipinski definition) is 2. The number of aromatic hydroxyl groups is 1. The van der Waals surface area contributed by atoms with E-state index in [1.807, 2.05) is 19.1 Å². The molecule has 0 aliphatic carbocycles. The Morgan fingerprint density at radius 2 is 1.89 bits per heavy atom. The van der Waals surface area contributed by atoms with E-state index >= 15 is 0 Å². The third-order valence-electron chi connectivity index (χ3n) is 3.44. The van der Waals surface area contributed by atoms with Gasteiger partial charge < -0.3 is 10.4 Å². The van der Waals surface area contributed by atoms with Crippen molar-refractivity contribution < 1.29 is 9.50 Å². The van der Waals surface area contributed by atoms with E-state index in [9.17, 15) is 9.50 Å². The maximum Gasteiger partial charge on any atom is 0.126 e. The van der Waals surface area contributed by atoms with Crippen LogP contribution in [0.4, 0.5) is 10.1 Å². The molecule has 2 N–H and O–H groups in total. The van der Waals surface area contributed by atoms with Gasteiger partial charge in [0.15, 0.2) is 0 Å². The SMILES string of the molecule is Cc1cccc(NC(C)c2ccc(F)cc2O)c1C. The summed E-state index contributed by atoms with van der Waals surface area (Å²) in [5.74, 6) is -0.453. The monoisotopic (exact) mass is 259 g/mol. The molecule has 2 nitrogen and oxygen atoms in total. The van der Waals surface area contributed by atoms with Crippen LogP contribution in [0.5, 0.6) is 5.75 Å². The molecule has 0 fully saturated rings. The summed E-state index contributed by atoms with van der Waals surface area (Å²) < 4.78 is 13.0. The van der Waals surface area contributed by atoms with Crippen LogP contribution < -0.4 is 5.32 Å². The molecule has 0 spiro atoms. The molecule has 0 aliphatic rings. The van der Waals surface area contributed by atoms with Crippen LogP contribution in [-0.4, -0.2) is 5.11 Å². The number of anilines is 1. The molecule has 0 saturated heterocycles. The number of phenolic OH excluding ortho intramolecular Hbond substituents is 1. The number of halogens is 1. The summed E-state index contributed by atoms with van der Waals surface area (Å²) in [5.41, 5.74) is 4.09. The Hall–Kier alpha value is -2.03. The van der Waals surface area contributed by atoms with Crippen LogP contribution in [0.2, 0.25) is 0 Å². The highest BCUT2D eigenvalue weighted by Crippen LogP contribution is 2.29. The Kier molecular flexibility index (Phi) is 3.74. The van der Waals surface area contributed by atoms with E-state index in [4.69, 9.17) is 0 Å². The molecule has 0 heterocycles. The minimum atomic E-state index is -0.430. The lowest BCUT2D eigenvalue weighted by Gasteiger charge is -2.19. The van der Waals surface area contributed by atoms with Crippen LogP contribution in [-0.2, 0) is 0 Å². The Morgan fingerprint density at radius 3 is 2.58 bits per heavy atom. The van der Waals surface area contributed by atoms with Gasteiger partial charge in [-0.05, 0) is 44.0 Å². The standard InChI is InChI=1S/C16H18FNO/c1-10-5-4-6-15(11(10)2)18-12(3)14-8-7-13(17)9-16(14)19/h4-9,12,18-19H,1-3H3. The Balaban J connectivity index is 2.25. The number of rotatable bonds is 3. The highest BCUT2D eigenvalue weighted by molar-refractivity contribution is 5.55. The smallest absolute Gasteiger partial charge is 0.126 e. The number of phenols is 1. The molecule has 0 aromatic heterocycles. The van der Waals surface area contributed by atoms with Gasteiger partial charge in [0.2, 0.25) is 0 Å². The minimum Gasteiger partial charge on any atom is -0.507 e. The molecular formula is C16H18FNO. The fraction of sp³-hybridized carbons (Fsp3) is 0.250.